The second-order valence-electron chi connectivity index (χ2n) is 17.8. The summed E-state index contributed by atoms with van der Waals surface area (Å²) in [4.78, 5) is 15.4. The van der Waals surface area contributed by atoms with E-state index in [-0.39, 0.29) is 0 Å². The Morgan fingerprint density at radius 1 is 0.209 bits per heavy atom. The molecule has 14 rings (SSSR count). The molecular formula is C64H39N3. The van der Waals surface area contributed by atoms with E-state index < -0.39 is 5.41 Å². The lowest BCUT2D eigenvalue weighted by atomic mass is 9.70. The second kappa shape index (κ2) is 14.6. The molecule has 0 saturated heterocycles. The number of nitrogens with zero attached hydrogens (tertiary/aromatic N) is 3. The minimum atomic E-state index is -0.518. The van der Waals surface area contributed by atoms with Crippen LogP contribution in [0.4, 0.5) is 0 Å². The molecule has 1 spiro atoms. The van der Waals surface area contributed by atoms with Gasteiger partial charge in [-0.1, -0.05) is 212 Å². The molecule has 2 aliphatic rings. The van der Waals surface area contributed by atoms with Crippen LogP contribution in [0.5, 0.6) is 0 Å². The van der Waals surface area contributed by atoms with Crippen molar-refractivity contribution < 1.29 is 0 Å². The van der Waals surface area contributed by atoms with Crippen molar-refractivity contribution in [3.8, 4) is 78.7 Å². The first-order valence-corrected chi connectivity index (χ1v) is 23.0. The third-order valence-corrected chi connectivity index (χ3v) is 14.3. The summed E-state index contributed by atoms with van der Waals surface area (Å²) in [7, 11) is 0. The van der Waals surface area contributed by atoms with Crippen molar-refractivity contribution in [1.29, 1.82) is 0 Å². The van der Waals surface area contributed by atoms with Crippen molar-refractivity contribution in [2.75, 3.05) is 0 Å². The van der Waals surface area contributed by atoms with E-state index in [1.807, 2.05) is 24.3 Å². The van der Waals surface area contributed by atoms with Crippen LogP contribution >= 0.6 is 0 Å². The maximum absolute atomic E-state index is 5.17. The predicted octanol–water partition coefficient (Wildman–Crippen LogP) is 16.0. The molecule has 3 nitrogen and oxygen atoms in total. The highest BCUT2D eigenvalue weighted by molar-refractivity contribution is 6.26. The zero-order valence-corrected chi connectivity index (χ0v) is 36.4. The zero-order chi connectivity index (χ0) is 44.1. The van der Waals surface area contributed by atoms with Gasteiger partial charge >= 0.3 is 0 Å². The van der Waals surface area contributed by atoms with Gasteiger partial charge in [-0.15, -0.1) is 0 Å². The van der Waals surface area contributed by atoms with Crippen LogP contribution in [-0.4, -0.2) is 15.0 Å². The summed E-state index contributed by atoms with van der Waals surface area (Å²) < 4.78 is 0. The van der Waals surface area contributed by atoms with Gasteiger partial charge < -0.3 is 0 Å². The Morgan fingerprint density at radius 2 is 0.597 bits per heavy atom. The zero-order valence-electron chi connectivity index (χ0n) is 36.4. The summed E-state index contributed by atoms with van der Waals surface area (Å²) in [5.74, 6) is 1.91. The van der Waals surface area contributed by atoms with Crippen molar-refractivity contribution in [1.82, 2.24) is 15.0 Å². The van der Waals surface area contributed by atoms with Crippen LogP contribution in [-0.2, 0) is 5.41 Å². The molecule has 1 unspecified atom stereocenters. The molecule has 2 aliphatic carbocycles. The summed E-state index contributed by atoms with van der Waals surface area (Å²) in [5.41, 5.74) is 17.3. The highest BCUT2D eigenvalue weighted by Crippen LogP contribution is 2.64. The quantitative estimate of drug-likeness (QED) is 0.162. The van der Waals surface area contributed by atoms with Crippen molar-refractivity contribution >= 4 is 32.3 Å². The van der Waals surface area contributed by atoms with Gasteiger partial charge in [0.05, 0.1) is 5.41 Å². The number of aromatic nitrogens is 3. The molecular weight excluding hydrogens is 811 g/mol. The molecule has 310 valence electrons. The van der Waals surface area contributed by atoms with Crippen LogP contribution in [0.25, 0.3) is 111 Å². The van der Waals surface area contributed by atoms with E-state index in [2.05, 4.69) is 212 Å². The molecule has 11 aromatic carbocycles. The molecule has 0 amide bonds. The molecule has 0 radical (unpaired) electrons. The first-order chi connectivity index (χ1) is 33.2. The van der Waals surface area contributed by atoms with E-state index in [0.29, 0.717) is 17.5 Å². The van der Waals surface area contributed by atoms with E-state index >= 15 is 0 Å². The maximum atomic E-state index is 5.17. The van der Waals surface area contributed by atoms with Crippen LogP contribution < -0.4 is 0 Å². The monoisotopic (exact) mass is 849 g/mol. The van der Waals surface area contributed by atoms with Crippen LogP contribution in [0.2, 0.25) is 0 Å². The highest BCUT2D eigenvalue weighted by Gasteiger charge is 2.52. The lowest BCUT2D eigenvalue weighted by molar-refractivity contribution is 0.795. The number of fused-ring (bicyclic) bond motifs is 16. The third-order valence-electron chi connectivity index (χ3n) is 14.3. The average molecular weight is 850 g/mol. The Balaban J connectivity index is 0.949. The Hall–Kier alpha value is -8.79. The maximum Gasteiger partial charge on any atom is 0.164 e. The Morgan fingerprint density at radius 3 is 1.24 bits per heavy atom. The summed E-state index contributed by atoms with van der Waals surface area (Å²) in [6.45, 7) is 0. The molecule has 1 atom stereocenters. The van der Waals surface area contributed by atoms with E-state index in [9.17, 15) is 0 Å². The highest BCUT2D eigenvalue weighted by atomic mass is 15.0. The van der Waals surface area contributed by atoms with Gasteiger partial charge in [0.2, 0.25) is 0 Å². The molecule has 0 bridgehead atoms. The van der Waals surface area contributed by atoms with Crippen LogP contribution in [0, 0.1) is 0 Å². The molecule has 0 saturated carbocycles. The minimum absolute atomic E-state index is 0.518. The Kier molecular flexibility index (Phi) is 8.20. The average Bonchev–Trinajstić information content (AvgIpc) is 3.87. The fourth-order valence-corrected chi connectivity index (χ4v) is 11.3. The van der Waals surface area contributed by atoms with Gasteiger partial charge in [-0.3, -0.25) is 0 Å². The second-order valence-corrected chi connectivity index (χ2v) is 17.8. The van der Waals surface area contributed by atoms with Gasteiger partial charge in [-0.2, -0.15) is 0 Å². The van der Waals surface area contributed by atoms with Gasteiger partial charge in [0.1, 0.15) is 0 Å². The van der Waals surface area contributed by atoms with Crippen LogP contribution in [0.3, 0.4) is 0 Å². The van der Waals surface area contributed by atoms with E-state index in [1.165, 1.54) is 82.4 Å². The topological polar surface area (TPSA) is 38.7 Å². The molecule has 3 heteroatoms. The molecule has 1 heterocycles. The van der Waals surface area contributed by atoms with E-state index in [0.717, 1.165) is 33.4 Å². The molecule has 1 aromatic heterocycles. The van der Waals surface area contributed by atoms with Gasteiger partial charge in [-0.05, 0) is 123 Å². The van der Waals surface area contributed by atoms with Gasteiger partial charge in [0, 0.05) is 16.7 Å². The lowest BCUT2D eigenvalue weighted by Crippen LogP contribution is -2.25. The standard InChI is InChI=1S/C64H39N3/c1-3-16-40(17-4-1)41-30-32-43(33-31-41)62-65-61(42-18-5-2-6-19-42)66-63(67-62)46-21-15-20-44(36-46)45-34-35-53-51-26-11-13-28-57(51)64(59(53)37-45)58-29-14-12-27-52(58)56-38-54-49-24-9-7-22-47(49)48-23-8-10-25-50(48)55(54)39-60(56)64/h1-39H. The van der Waals surface area contributed by atoms with Crippen LogP contribution in [0.15, 0.2) is 237 Å². The van der Waals surface area contributed by atoms with E-state index in [1.54, 1.807) is 0 Å². The molecule has 12 aromatic rings. The summed E-state index contributed by atoms with van der Waals surface area (Å²) >= 11 is 0. The predicted molar refractivity (Wildman–Crippen MR) is 276 cm³/mol. The minimum Gasteiger partial charge on any atom is -0.208 e. The number of hydrogen-bond acceptors (Lipinski definition) is 3. The number of rotatable bonds is 5. The molecule has 0 aliphatic heterocycles. The normalized spacial score (nSPS) is 14.3. The first-order valence-electron chi connectivity index (χ1n) is 23.0. The van der Waals surface area contributed by atoms with Crippen LogP contribution in [0.1, 0.15) is 22.3 Å². The van der Waals surface area contributed by atoms with E-state index in [4.69, 9.17) is 15.0 Å². The van der Waals surface area contributed by atoms with Crippen molar-refractivity contribution in [2.24, 2.45) is 0 Å². The number of hydrogen-bond donors (Lipinski definition) is 0. The van der Waals surface area contributed by atoms with Crippen molar-refractivity contribution in [2.45, 2.75) is 5.41 Å². The Bertz CT molecular complexity index is 3970. The smallest absolute Gasteiger partial charge is 0.164 e. The first kappa shape index (κ1) is 37.6. The summed E-state index contributed by atoms with van der Waals surface area (Å²) in [6, 6.07) is 86.0. The van der Waals surface area contributed by atoms with Gasteiger partial charge in [0.25, 0.3) is 0 Å². The SMILES string of the molecule is c1ccc(-c2ccc(-c3nc(-c4ccccc4)nc(-c4cccc(-c5ccc6c(c5)C5(c7ccccc7-6)c6ccccc6-c6cc7c8ccccc8c8ccccc8c7cc65)c4)n3)cc2)cc1. The van der Waals surface area contributed by atoms with Gasteiger partial charge in [0.15, 0.2) is 17.5 Å². The van der Waals surface area contributed by atoms with Gasteiger partial charge in [-0.25, -0.2) is 15.0 Å². The number of benzene rings is 11. The molecule has 67 heavy (non-hydrogen) atoms. The third kappa shape index (κ3) is 5.62. The fourth-order valence-electron chi connectivity index (χ4n) is 11.3. The molecule has 0 N–H and O–H groups in total. The van der Waals surface area contributed by atoms with Crippen molar-refractivity contribution in [3.05, 3.63) is 259 Å². The Labute approximate surface area is 388 Å². The summed E-state index contributed by atoms with van der Waals surface area (Å²) in [5, 5.41) is 7.72. The van der Waals surface area contributed by atoms with Crippen molar-refractivity contribution in [3.63, 3.8) is 0 Å². The lowest BCUT2D eigenvalue weighted by Gasteiger charge is -2.31. The largest absolute Gasteiger partial charge is 0.208 e. The fraction of sp³-hybridized carbons (Fsp3) is 0.0156. The molecule has 0 fully saturated rings. The summed E-state index contributed by atoms with van der Waals surface area (Å²) in [6.07, 6.45) is 0.